The van der Waals surface area contributed by atoms with E-state index in [9.17, 15) is 4.79 Å². The van der Waals surface area contributed by atoms with Crippen LogP contribution in [0.1, 0.15) is 21.6 Å². The number of benzene rings is 2. The molecule has 0 spiro atoms. The lowest BCUT2D eigenvalue weighted by Gasteiger charge is -2.11. The Labute approximate surface area is 123 Å². The predicted molar refractivity (Wildman–Crippen MR) is 82.6 cm³/mol. The lowest BCUT2D eigenvalue weighted by atomic mass is 10.1. The number of aldehydes is 1. The van der Waals surface area contributed by atoms with Crippen LogP contribution in [0.2, 0.25) is 0 Å². The lowest BCUT2D eigenvalue weighted by Crippen LogP contribution is -2.02. The number of aryl methyl sites for hydroxylation is 1. The van der Waals surface area contributed by atoms with Gasteiger partial charge in [-0.1, -0.05) is 36.4 Å². The van der Waals surface area contributed by atoms with E-state index in [1.807, 2.05) is 55.5 Å². The van der Waals surface area contributed by atoms with E-state index in [4.69, 9.17) is 4.74 Å². The van der Waals surface area contributed by atoms with E-state index in [1.165, 1.54) is 0 Å². The van der Waals surface area contributed by atoms with Gasteiger partial charge in [0.05, 0.1) is 16.8 Å². The molecule has 0 amide bonds. The Morgan fingerprint density at radius 3 is 2.76 bits per heavy atom. The smallest absolute Gasteiger partial charge is 0.153 e. The average molecular weight is 277 g/mol. The Balaban J connectivity index is 1.85. The number of hydrogen-bond donors (Lipinski definition) is 0. The molecule has 0 bridgehead atoms. The number of ether oxygens (including phenoxy) is 1. The predicted octanol–water partition coefficient (Wildman–Crippen LogP) is 3.93. The van der Waals surface area contributed by atoms with Crippen LogP contribution in [0, 0.1) is 6.92 Å². The molecule has 0 aliphatic heterocycles. The fraction of sp³-hybridized carbons (Fsp3) is 0.111. The van der Waals surface area contributed by atoms with Crippen LogP contribution in [0.5, 0.6) is 5.75 Å². The standard InChI is InChI=1S/C18H15NO2/c1-13-5-4-7-15(11-20)18(13)21-12-16-10-9-14-6-2-3-8-17(14)19-16/h2-11H,12H2,1H3. The highest BCUT2D eigenvalue weighted by Crippen LogP contribution is 2.23. The van der Waals surface area contributed by atoms with Crippen LogP contribution in [-0.2, 0) is 6.61 Å². The molecule has 3 nitrogen and oxygen atoms in total. The number of fused-ring (bicyclic) bond motifs is 1. The molecular weight excluding hydrogens is 262 g/mol. The zero-order chi connectivity index (χ0) is 14.7. The van der Waals surface area contributed by atoms with E-state index in [1.54, 1.807) is 6.07 Å². The van der Waals surface area contributed by atoms with Crippen molar-refractivity contribution in [3.63, 3.8) is 0 Å². The Morgan fingerprint density at radius 1 is 1.05 bits per heavy atom. The van der Waals surface area contributed by atoms with E-state index in [2.05, 4.69) is 4.98 Å². The lowest BCUT2D eigenvalue weighted by molar-refractivity contribution is 0.111. The van der Waals surface area contributed by atoms with Gasteiger partial charge in [0.1, 0.15) is 12.4 Å². The number of pyridine rings is 1. The topological polar surface area (TPSA) is 39.2 Å². The monoisotopic (exact) mass is 277 g/mol. The number of hydrogen-bond acceptors (Lipinski definition) is 3. The van der Waals surface area contributed by atoms with Gasteiger partial charge in [0, 0.05) is 5.39 Å². The number of carbonyl (C=O) groups excluding carboxylic acids is 1. The van der Waals surface area contributed by atoms with E-state index in [0.717, 1.165) is 28.4 Å². The molecule has 0 aliphatic carbocycles. The van der Waals surface area contributed by atoms with Crippen LogP contribution < -0.4 is 4.74 Å². The first kappa shape index (κ1) is 13.3. The third-order valence-electron chi connectivity index (χ3n) is 3.39. The second-order valence-corrected chi connectivity index (χ2v) is 4.90. The maximum atomic E-state index is 11.1. The number of rotatable bonds is 4. The highest BCUT2D eigenvalue weighted by molar-refractivity contribution is 5.80. The van der Waals surface area contributed by atoms with Crippen LogP contribution >= 0.6 is 0 Å². The maximum absolute atomic E-state index is 11.1. The van der Waals surface area contributed by atoms with Gasteiger partial charge in [0.15, 0.2) is 6.29 Å². The molecule has 0 N–H and O–H groups in total. The summed E-state index contributed by atoms with van der Waals surface area (Å²) in [6, 6.07) is 17.5. The van der Waals surface area contributed by atoms with Crippen molar-refractivity contribution in [1.82, 2.24) is 4.98 Å². The summed E-state index contributed by atoms with van der Waals surface area (Å²) in [5, 5.41) is 1.10. The van der Waals surface area contributed by atoms with Crippen LogP contribution in [0.4, 0.5) is 0 Å². The molecule has 0 fully saturated rings. The molecule has 0 aliphatic rings. The summed E-state index contributed by atoms with van der Waals surface area (Å²) in [6.45, 7) is 2.27. The van der Waals surface area contributed by atoms with Gasteiger partial charge in [-0.15, -0.1) is 0 Å². The first-order chi connectivity index (χ1) is 10.3. The Morgan fingerprint density at radius 2 is 1.90 bits per heavy atom. The summed E-state index contributed by atoms with van der Waals surface area (Å²) in [4.78, 5) is 15.6. The molecule has 1 aromatic heterocycles. The number of aromatic nitrogens is 1. The molecule has 0 radical (unpaired) electrons. The Bertz CT molecular complexity index is 796. The second kappa shape index (κ2) is 5.75. The van der Waals surface area contributed by atoms with Crippen molar-refractivity contribution >= 4 is 17.2 Å². The minimum Gasteiger partial charge on any atom is -0.486 e. The number of nitrogens with zero attached hydrogens (tertiary/aromatic N) is 1. The summed E-state index contributed by atoms with van der Waals surface area (Å²) in [6.07, 6.45) is 0.816. The second-order valence-electron chi connectivity index (χ2n) is 4.90. The molecule has 0 saturated heterocycles. The summed E-state index contributed by atoms with van der Waals surface area (Å²) in [7, 11) is 0. The first-order valence-electron chi connectivity index (χ1n) is 6.80. The van der Waals surface area contributed by atoms with Crippen molar-refractivity contribution < 1.29 is 9.53 Å². The van der Waals surface area contributed by atoms with E-state index >= 15 is 0 Å². The summed E-state index contributed by atoms with van der Waals surface area (Å²) < 4.78 is 5.80. The molecule has 0 unspecified atom stereocenters. The first-order valence-corrected chi connectivity index (χ1v) is 6.80. The van der Waals surface area contributed by atoms with Crippen molar-refractivity contribution in [3.05, 3.63) is 71.4 Å². The van der Waals surface area contributed by atoms with Crippen LogP contribution in [-0.4, -0.2) is 11.3 Å². The fourth-order valence-electron chi connectivity index (χ4n) is 2.30. The largest absolute Gasteiger partial charge is 0.486 e. The highest BCUT2D eigenvalue weighted by atomic mass is 16.5. The third-order valence-corrected chi connectivity index (χ3v) is 3.39. The molecule has 3 rings (SSSR count). The summed E-state index contributed by atoms with van der Waals surface area (Å²) >= 11 is 0. The van der Waals surface area contributed by atoms with Crippen molar-refractivity contribution in [2.75, 3.05) is 0 Å². The van der Waals surface area contributed by atoms with Crippen LogP contribution in [0.25, 0.3) is 10.9 Å². The maximum Gasteiger partial charge on any atom is 0.153 e. The van der Waals surface area contributed by atoms with Gasteiger partial charge >= 0.3 is 0 Å². The molecule has 1 heterocycles. The zero-order valence-electron chi connectivity index (χ0n) is 11.7. The normalized spacial score (nSPS) is 10.5. The average Bonchev–Trinajstić information content (AvgIpc) is 2.53. The molecule has 0 atom stereocenters. The van der Waals surface area contributed by atoms with Gasteiger partial charge in [0.2, 0.25) is 0 Å². The van der Waals surface area contributed by atoms with Gasteiger partial charge in [-0.05, 0) is 30.7 Å². The van der Waals surface area contributed by atoms with E-state index in [-0.39, 0.29) is 0 Å². The van der Waals surface area contributed by atoms with Crippen molar-refractivity contribution in [3.8, 4) is 5.75 Å². The Kier molecular flexibility index (Phi) is 3.65. The molecule has 21 heavy (non-hydrogen) atoms. The highest BCUT2D eigenvalue weighted by Gasteiger charge is 2.07. The van der Waals surface area contributed by atoms with Crippen molar-refractivity contribution in [2.24, 2.45) is 0 Å². The van der Waals surface area contributed by atoms with Crippen molar-refractivity contribution in [1.29, 1.82) is 0 Å². The third kappa shape index (κ3) is 2.77. The van der Waals surface area contributed by atoms with Gasteiger partial charge in [-0.25, -0.2) is 4.98 Å². The molecule has 2 aromatic carbocycles. The van der Waals surface area contributed by atoms with Gasteiger partial charge in [-0.2, -0.15) is 0 Å². The minimum absolute atomic E-state index is 0.344. The molecule has 104 valence electrons. The molecule has 3 heteroatoms. The zero-order valence-corrected chi connectivity index (χ0v) is 11.7. The van der Waals surface area contributed by atoms with Crippen LogP contribution in [0.3, 0.4) is 0 Å². The molecule has 0 saturated carbocycles. The quantitative estimate of drug-likeness (QED) is 0.678. The Hall–Kier alpha value is -2.68. The SMILES string of the molecule is Cc1cccc(C=O)c1OCc1ccc2ccccc2n1. The van der Waals surface area contributed by atoms with Crippen molar-refractivity contribution in [2.45, 2.75) is 13.5 Å². The number of carbonyl (C=O) groups is 1. The minimum atomic E-state index is 0.344. The van der Waals surface area contributed by atoms with E-state index < -0.39 is 0 Å². The van der Waals surface area contributed by atoms with E-state index in [0.29, 0.717) is 17.9 Å². The molecule has 3 aromatic rings. The summed E-state index contributed by atoms with van der Waals surface area (Å²) in [5.74, 6) is 0.627. The van der Waals surface area contributed by atoms with Crippen LogP contribution in [0.15, 0.2) is 54.6 Å². The fourth-order valence-corrected chi connectivity index (χ4v) is 2.30. The van der Waals surface area contributed by atoms with Gasteiger partial charge < -0.3 is 4.74 Å². The van der Waals surface area contributed by atoms with Gasteiger partial charge in [-0.3, -0.25) is 4.79 Å². The molecular formula is C18H15NO2. The summed E-state index contributed by atoms with van der Waals surface area (Å²) in [5.41, 5.74) is 3.30. The van der Waals surface area contributed by atoms with Gasteiger partial charge in [0.25, 0.3) is 0 Å². The number of para-hydroxylation sites is 2.